The van der Waals surface area contributed by atoms with Gasteiger partial charge in [-0.05, 0) is 44.0 Å². The van der Waals surface area contributed by atoms with Crippen molar-refractivity contribution in [3.05, 3.63) is 63.7 Å². The number of rotatable bonds is 7. The van der Waals surface area contributed by atoms with E-state index in [1.807, 2.05) is 36.1 Å². The molecule has 1 saturated heterocycles. The summed E-state index contributed by atoms with van der Waals surface area (Å²) >= 11 is 0. The summed E-state index contributed by atoms with van der Waals surface area (Å²) < 4.78 is 10.7. The molecule has 3 rings (SSSR count). The molecule has 0 radical (unpaired) electrons. The minimum absolute atomic E-state index is 0.0581. The third-order valence-electron chi connectivity index (χ3n) is 4.96. The molecule has 154 valence electrons. The third kappa shape index (κ3) is 5.70. The molecule has 0 aliphatic carbocycles. The Morgan fingerprint density at radius 3 is 2.38 bits per heavy atom. The second-order valence-corrected chi connectivity index (χ2v) is 7.16. The lowest BCUT2D eigenvalue weighted by Crippen LogP contribution is -2.25. The van der Waals surface area contributed by atoms with Gasteiger partial charge in [0.25, 0.3) is 5.69 Å². The summed E-state index contributed by atoms with van der Waals surface area (Å²) in [6, 6.07) is 12.1. The van der Waals surface area contributed by atoms with Crippen molar-refractivity contribution < 1.29 is 19.2 Å². The number of nitrogens with zero attached hydrogens (tertiary/aromatic N) is 2. The first-order valence-corrected chi connectivity index (χ1v) is 9.94. The summed E-state index contributed by atoms with van der Waals surface area (Å²) in [5.41, 5.74) is 1.81. The number of aryl methyl sites for hydroxylation is 1. The van der Waals surface area contributed by atoms with Gasteiger partial charge < -0.3 is 14.4 Å². The Labute approximate surface area is 170 Å². The van der Waals surface area contributed by atoms with Crippen molar-refractivity contribution in [1.29, 1.82) is 0 Å². The van der Waals surface area contributed by atoms with Crippen LogP contribution < -0.4 is 9.64 Å². The number of carbonyl (C=O) groups is 1. The van der Waals surface area contributed by atoms with Crippen LogP contribution in [0.15, 0.2) is 42.5 Å². The quantitative estimate of drug-likeness (QED) is 0.295. The first-order chi connectivity index (χ1) is 14.0. The fourth-order valence-electron chi connectivity index (χ4n) is 3.39. The van der Waals surface area contributed by atoms with Gasteiger partial charge in [-0.25, -0.2) is 4.79 Å². The van der Waals surface area contributed by atoms with Crippen LogP contribution in [0.2, 0.25) is 0 Å². The van der Waals surface area contributed by atoms with Crippen LogP contribution in [0, 0.1) is 17.0 Å². The first-order valence-electron chi connectivity index (χ1n) is 9.94. The van der Waals surface area contributed by atoms with Gasteiger partial charge in [0.15, 0.2) is 0 Å². The van der Waals surface area contributed by atoms with E-state index >= 15 is 0 Å². The molecule has 0 unspecified atom stereocenters. The molecule has 0 bridgehead atoms. The fourth-order valence-corrected chi connectivity index (χ4v) is 3.39. The number of carbonyl (C=O) groups excluding carboxylic acids is 1. The lowest BCUT2D eigenvalue weighted by atomic mass is 10.1. The number of ether oxygens (including phenoxy) is 2. The maximum atomic E-state index is 12.3. The number of anilines is 1. The van der Waals surface area contributed by atoms with Crippen molar-refractivity contribution >= 4 is 17.3 Å². The summed E-state index contributed by atoms with van der Waals surface area (Å²) in [7, 11) is 0. The van der Waals surface area contributed by atoms with Crippen LogP contribution in [0.3, 0.4) is 0 Å². The zero-order chi connectivity index (χ0) is 20.6. The second-order valence-electron chi connectivity index (χ2n) is 7.16. The lowest BCUT2D eigenvalue weighted by Gasteiger charge is -2.22. The topological polar surface area (TPSA) is 81.9 Å². The van der Waals surface area contributed by atoms with Crippen LogP contribution in [-0.2, 0) is 4.74 Å². The highest BCUT2D eigenvalue weighted by atomic mass is 16.6. The number of nitro benzene ring substituents is 1. The van der Waals surface area contributed by atoms with Crippen molar-refractivity contribution in [2.75, 3.05) is 31.2 Å². The summed E-state index contributed by atoms with van der Waals surface area (Å²) in [4.78, 5) is 25.5. The van der Waals surface area contributed by atoms with E-state index in [-0.39, 0.29) is 24.5 Å². The van der Waals surface area contributed by atoms with Crippen molar-refractivity contribution in [2.45, 2.75) is 32.6 Å². The van der Waals surface area contributed by atoms with E-state index in [4.69, 9.17) is 9.47 Å². The Morgan fingerprint density at radius 2 is 1.72 bits per heavy atom. The number of nitro groups is 1. The van der Waals surface area contributed by atoms with Gasteiger partial charge in [-0.1, -0.05) is 30.5 Å². The van der Waals surface area contributed by atoms with Crippen LogP contribution >= 0.6 is 0 Å². The SMILES string of the molecule is Cc1ccc(OCCOC(=O)c2ccc(N3CCCCCC3)c([N+](=O)[O-])c2)cc1. The number of esters is 1. The molecule has 0 aromatic heterocycles. The minimum atomic E-state index is -0.594. The summed E-state index contributed by atoms with van der Waals surface area (Å²) in [5, 5.41) is 11.6. The normalized spacial score (nSPS) is 14.2. The van der Waals surface area contributed by atoms with Gasteiger partial charge >= 0.3 is 5.97 Å². The average molecular weight is 398 g/mol. The van der Waals surface area contributed by atoms with E-state index in [2.05, 4.69) is 0 Å². The van der Waals surface area contributed by atoms with E-state index in [0.29, 0.717) is 11.4 Å². The molecular weight excluding hydrogens is 372 g/mol. The van der Waals surface area contributed by atoms with Crippen molar-refractivity contribution in [3.63, 3.8) is 0 Å². The van der Waals surface area contributed by atoms with E-state index in [0.717, 1.165) is 44.3 Å². The molecule has 1 aliphatic rings. The Morgan fingerprint density at radius 1 is 1.03 bits per heavy atom. The fraction of sp³-hybridized carbons (Fsp3) is 0.409. The minimum Gasteiger partial charge on any atom is -0.490 e. The van der Waals surface area contributed by atoms with Crippen LogP contribution in [0.5, 0.6) is 5.75 Å². The van der Waals surface area contributed by atoms with Gasteiger partial charge in [-0.2, -0.15) is 0 Å². The molecule has 1 aliphatic heterocycles. The molecule has 0 spiro atoms. The third-order valence-corrected chi connectivity index (χ3v) is 4.96. The Balaban J connectivity index is 1.60. The largest absolute Gasteiger partial charge is 0.490 e. The molecule has 0 amide bonds. The highest BCUT2D eigenvalue weighted by Crippen LogP contribution is 2.31. The van der Waals surface area contributed by atoms with Crippen LogP contribution in [-0.4, -0.2) is 37.2 Å². The summed E-state index contributed by atoms with van der Waals surface area (Å²) in [6.07, 6.45) is 4.31. The molecule has 1 fully saturated rings. The Kier molecular flexibility index (Phi) is 7.05. The number of benzene rings is 2. The molecule has 7 heteroatoms. The van der Waals surface area contributed by atoms with E-state index < -0.39 is 10.9 Å². The smallest absolute Gasteiger partial charge is 0.338 e. The van der Waals surface area contributed by atoms with Crippen LogP contribution in [0.4, 0.5) is 11.4 Å². The molecular formula is C22H26N2O5. The molecule has 7 nitrogen and oxygen atoms in total. The molecule has 2 aromatic rings. The predicted molar refractivity (Wildman–Crippen MR) is 111 cm³/mol. The molecule has 1 heterocycles. The van der Waals surface area contributed by atoms with Crippen molar-refractivity contribution in [2.24, 2.45) is 0 Å². The van der Waals surface area contributed by atoms with E-state index in [9.17, 15) is 14.9 Å². The van der Waals surface area contributed by atoms with Crippen molar-refractivity contribution in [1.82, 2.24) is 0 Å². The van der Waals surface area contributed by atoms with E-state index in [1.165, 1.54) is 6.07 Å². The maximum absolute atomic E-state index is 12.3. The number of hydrogen-bond donors (Lipinski definition) is 0. The molecule has 0 N–H and O–H groups in total. The van der Waals surface area contributed by atoms with E-state index in [1.54, 1.807) is 12.1 Å². The summed E-state index contributed by atoms with van der Waals surface area (Å²) in [5.74, 6) is 0.104. The Hall–Kier alpha value is -3.09. The molecule has 29 heavy (non-hydrogen) atoms. The van der Waals surface area contributed by atoms with Crippen LogP contribution in [0.1, 0.15) is 41.6 Å². The molecule has 0 atom stereocenters. The molecule has 2 aromatic carbocycles. The zero-order valence-electron chi connectivity index (χ0n) is 16.6. The summed E-state index contributed by atoms with van der Waals surface area (Å²) in [6.45, 7) is 3.85. The highest BCUT2D eigenvalue weighted by Gasteiger charge is 2.23. The molecule has 0 saturated carbocycles. The average Bonchev–Trinajstić information content (AvgIpc) is 3.01. The van der Waals surface area contributed by atoms with Gasteiger partial charge in [0.2, 0.25) is 0 Å². The highest BCUT2D eigenvalue weighted by molar-refractivity contribution is 5.91. The van der Waals surface area contributed by atoms with Gasteiger partial charge in [0.1, 0.15) is 24.7 Å². The first kappa shape index (κ1) is 20.6. The zero-order valence-corrected chi connectivity index (χ0v) is 16.6. The van der Waals surface area contributed by atoms with Gasteiger partial charge in [-0.15, -0.1) is 0 Å². The predicted octanol–water partition coefficient (Wildman–Crippen LogP) is 4.52. The Bertz CT molecular complexity index is 843. The standard InChI is InChI=1S/C22H26N2O5/c1-17-6-9-19(10-7-17)28-14-15-29-22(25)18-8-11-20(21(16-18)24(26)27)23-12-4-2-3-5-13-23/h6-11,16H,2-5,12-15H2,1H3. The van der Waals surface area contributed by atoms with Gasteiger partial charge in [0, 0.05) is 19.2 Å². The van der Waals surface area contributed by atoms with Gasteiger partial charge in [0.05, 0.1) is 10.5 Å². The van der Waals surface area contributed by atoms with Gasteiger partial charge in [-0.3, -0.25) is 10.1 Å². The van der Waals surface area contributed by atoms with Crippen molar-refractivity contribution in [3.8, 4) is 5.75 Å². The lowest BCUT2D eigenvalue weighted by molar-refractivity contribution is -0.384. The monoisotopic (exact) mass is 398 g/mol. The number of hydrogen-bond acceptors (Lipinski definition) is 6. The van der Waals surface area contributed by atoms with Crippen LogP contribution in [0.25, 0.3) is 0 Å². The maximum Gasteiger partial charge on any atom is 0.338 e. The second kappa shape index (κ2) is 9.91.